The van der Waals surface area contributed by atoms with E-state index in [0.717, 1.165) is 62.1 Å². The Labute approximate surface area is 182 Å². The van der Waals surface area contributed by atoms with Gasteiger partial charge in [-0.1, -0.05) is 23.7 Å². The number of aromatic nitrogens is 1. The number of nitrogens with one attached hydrogen (secondary N) is 1. The lowest BCUT2D eigenvalue weighted by atomic mass is 9.93. The van der Waals surface area contributed by atoms with Gasteiger partial charge < -0.3 is 14.5 Å². The number of likely N-dealkylation sites (N-methyl/N-ethyl adjacent to an activating group) is 1. The maximum absolute atomic E-state index is 6.26. The van der Waals surface area contributed by atoms with Crippen molar-refractivity contribution in [3.05, 3.63) is 64.3 Å². The van der Waals surface area contributed by atoms with Gasteiger partial charge in [-0.15, -0.1) is 0 Å². The van der Waals surface area contributed by atoms with Crippen LogP contribution in [0.3, 0.4) is 0 Å². The third-order valence-corrected chi connectivity index (χ3v) is 6.54. The summed E-state index contributed by atoms with van der Waals surface area (Å²) in [6.07, 6.45) is 1.03. The molecule has 2 aliphatic rings. The Bertz CT molecular complexity index is 1010. The van der Waals surface area contributed by atoms with E-state index in [1.165, 1.54) is 22.2 Å². The number of aromatic amines is 1. The fourth-order valence-electron chi connectivity index (χ4n) is 4.67. The molecule has 3 heterocycles. The zero-order chi connectivity index (χ0) is 20.5. The van der Waals surface area contributed by atoms with Crippen molar-refractivity contribution in [2.75, 3.05) is 53.0 Å². The molecule has 1 aromatic heterocycles. The maximum atomic E-state index is 6.26. The second-order valence-electron chi connectivity index (χ2n) is 8.21. The molecule has 0 aliphatic carbocycles. The zero-order valence-electron chi connectivity index (χ0n) is 17.4. The molecule has 5 nitrogen and oxygen atoms in total. The predicted octanol–water partition coefficient (Wildman–Crippen LogP) is 4.11. The Hall–Kier alpha value is -2.05. The molecular weight excluding hydrogens is 398 g/mol. The largest absolute Gasteiger partial charge is 0.492 e. The first kappa shape index (κ1) is 19.9. The minimum atomic E-state index is 0.210. The molecule has 0 bridgehead atoms. The Morgan fingerprint density at radius 1 is 1.10 bits per heavy atom. The third kappa shape index (κ3) is 3.95. The van der Waals surface area contributed by atoms with Crippen molar-refractivity contribution in [2.45, 2.75) is 12.5 Å². The molecule has 0 amide bonds. The highest BCUT2D eigenvalue weighted by Crippen LogP contribution is 2.38. The fraction of sp³-hybridized carbons (Fsp3) is 0.417. The molecule has 158 valence electrons. The van der Waals surface area contributed by atoms with Gasteiger partial charge in [0.25, 0.3) is 0 Å². The third-order valence-electron chi connectivity index (χ3n) is 6.31. The van der Waals surface area contributed by atoms with Crippen molar-refractivity contribution >= 4 is 22.5 Å². The molecule has 5 rings (SSSR count). The number of nitrogens with zero attached hydrogens (tertiary/aromatic N) is 2. The average molecular weight is 426 g/mol. The fourth-order valence-corrected chi connectivity index (χ4v) is 4.84. The van der Waals surface area contributed by atoms with Crippen molar-refractivity contribution in [2.24, 2.45) is 0 Å². The van der Waals surface area contributed by atoms with Gasteiger partial charge in [0, 0.05) is 47.8 Å². The summed E-state index contributed by atoms with van der Waals surface area (Å²) in [5.41, 5.74) is 5.10. The number of benzene rings is 2. The van der Waals surface area contributed by atoms with Crippen LogP contribution < -0.4 is 4.74 Å². The van der Waals surface area contributed by atoms with Crippen LogP contribution in [0.25, 0.3) is 10.9 Å². The molecule has 0 radical (unpaired) electrons. The van der Waals surface area contributed by atoms with E-state index in [9.17, 15) is 0 Å². The molecule has 1 unspecified atom stereocenters. The molecule has 1 fully saturated rings. The van der Waals surface area contributed by atoms with Crippen LogP contribution in [0, 0.1) is 0 Å². The van der Waals surface area contributed by atoms with Crippen LogP contribution in [-0.4, -0.2) is 67.8 Å². The first-order valence-corrected chi connectivity index (χ1v) is 11.1. The molecule has 0 spiro atoms. The van der Waals surface area contributed by atoms with E-state index >= 15 is 0 Å². The standard InChI is InChI=1S/C24H28ClN3O2/c1-27-9-8-20-21-16-18(25)4-7-22(21)26-23(20)24(27)17-2-5-19(6-3-17)30-15-12-28-10-13-29-14-11-28/h2-7,16,24,26H,8-15H2,1H3. The summed E-state index contributed by atoms with van der Waals surface area (Å²) in [5, 5.41) is 2.04. The Morgan fingerprint density at radius 3 is 2.70 bits per heavy atom. The molecule has 3 aromatic rings. The summed E-state index contributed by atoms with van der Waals surface area (Å²) < 4.78 is 11.4. The number of H-pyrrole nitrogens is 1. The van der Waals surface area contributed by atoms with Gasteiger partial charge >= 0.3 is 0 Å². The van der Waals surface area contributed by atoms with Crippen LogP contribution in [0.2, 0.25) is 5.02 Å². The van der Waals surface area contributed by atoms with Gasteiger partial charge in [-0.25, -0.2) is 0 Å². The highest BCUT2D eigenvalue weighted by Gasteiger charge is 2.29. The molecule has 1 saturated heterocycles. The molecule has 2 aromatic carbocycles. The number of hydrogen-bond donors (Lipinski definition) is 1. The van der Waals surface area contributed by atoms with Crippen LogP contribution in [0.5, 0.6) is 5.75 Å². The van der Waals surface area contributed by atoms with Gasteiger partial charge in [0.15, 0.2) is 0 Å². The van der Waals surface area contributed by atoms with Gasteiger partial charge in [-0.2, -0.15) is 0 Å². The summed E-state index contributed by atoms with van der Waals surface area (Å²) in [5.74, 6) is 0.925. The van der Waals surface area contributed by atoms with E-state index in [0.29, 0.717) is 6.61 Å². The first-order valence-electron chi connectivity index (χ1n) is 10.7. The summed E-state index contributed by atoms with van der Waals surface area (Å²) in [7, 11) is 2.19. The highest BCUT2D eigenvalue weighted by atomic mass is 35.5. The Morgan fingerprint density at radius 2 is 1.90 bits per heavy atom. The first-order chi connectivity index (χ1) is 14.7. The lowest BCUT2D eigenvalue weighted by molar-refractivity contribution is 0.0322. The van der Waals surface area contributed by atoms with Crippen molar-refractivity contribution < 1.29 is 9.47 Å². The van der Waals surface area contributed by atoms with Gasteiger partial charge in [-0.3, -0.25) is 9.80 Å². The number of hydrogen-bond acceptors (Lipinski definition) is 4. The predicted molar refractivity (Wildman–Crippen MR) is 121 cm³/mol. The molecular formula is C24H28ClN3O2. The van der Waals surface area contributed by atoms with E-state index in [1.807, 2.05) is 6.07 Å². The molecule has 30 heavy (non-hydrogen) atoms. The lowest BCUT2D eigenvalue weighted by Gasteiger charge is -2.33. The molecule has 2 aliphatic heterocycles. The SMILES string of the molecule is CN1CCc2c([nH]c3ccc(Cl)cc23)C1c1ccc(OCCN2CCOCC2)cc1. The van der Waals surface area contributed by atoms with E-state index in [1.54, 1.807) is 0 Å². The number of rotatable bonds is 5. The van der Waals surface area contributed by atoms with Crippen molar-refractivity contribution in [1.29, 1.82) is 0 Å². The van der Waals surface area contributed by atoms with Gasteiger partial charge in [0.05, 0.1) is 19.3 Å². The van der Waals surface area contributed by atoms with E-state index in [-0.39, 0.29) is 6.04 Å². The summed E-state index contributed by atoms with van der Waals surface area (Å²) in [6, 6.07) is 14.9. The number of halogens is 1. The smallest absolute Gasteiger partial charge is 0.119 e. The number of ether oxygens (including phenoxy) is 2. The Kier molecular flexibility index (Phi) is 5.70. The normalized spacial score (nSPS) is 20.4. The zero-order valence-corrected chi connectivity index (χ0v) is 18.1. The Balaban J connectivity index is 1.32. The van der Waals surface area contributed by atoms with Crippen LogP contribution in [0.15, 0.2) is 42.5 Å². The van der Waals surface area contributed by atoms with Crippen LogP contribution in [-0.2, 0) is 11.2 Å². The minimum Gasteiger partial charge on any atom is -0.492 e. The van der Waals surface area contributed by atoms with Crippen molar-refractivity contribution in [3.8, 4) is 5.75 Å². The van der Waals surface area contributed by atoms with Gasteiger partial charge in [0.1, 0.15) is 12.4 Å². The van der Waals surface area contributed by atoms with Gasteiger partial charge in [-0.05, 0) is 54.9 Å². The van der Waals surface area contributed by atoms with Crippen LogP contribution >= 0.6 is 11.6 Å². The minimum absolute atomic E-state index is 0.210. The topological polar surface area (TPSA) is 40.7 Å². The molecule has 6 heteroatoms. The quantitative estimate of drug-likeness (QED) is 0.667. The average Bonchev–Trinajstić information content (AvgIpc) is 3.13. The molecule has 0 saturated carbocycles. The maximum Gasteiger partial charge on any atom is 0.119 e. The molecule has 1 atom stereocenters. The molecule has 1 N–H and O–H groups in total. The second-order valence-corrected chi connectivity index (χ2v) is 8.65. The monoisotopic (exact) mass is 425 g/mol. The summed E-state index contributed by atoms with van der Waals surface area (Å²) in [6.45, 7) is 6.31. The van der Waals surface area contributed by atoms with Crippen molar-refractivity contribution in [1.82, 2.24) is 14.8 Å². The van der Waals surface area contributed by atoms with Crippen LogP contribution in [0.4, 0.5) is 0 Å². The summed E-state index contributed by atoms with van der Waals surface area (Å²) >= 11 is 6.26. The number of morpholine rings is 1. The van der Waals surface area contributed by atoms with Crippen LogP contribution in [0.1, 0.15) is 22.9 Å². The highest BCUT2D eigenvalue weighted by molar-refractivity contribution is 6.31. The summed E-state index contributed by atoms with van der Waals surface area (Å²) in [4.78, 5) is 8.46. The number of fused-ring (bicyclic) bond motifs is 3. The van der Waals surface area contributed by atoms with Gasteiger partial charge in [0.2, 0.25) is 0 Å². The van der Waals surface area contributed by atoms with E-state index < -0.39 is 0 Å². The van der Waals surface area contributed by atoms with E-state index in [4.69, 9.17) is 21.1 Å². The van der Waals surface area contributed by atoms with Crippen molar-refractivity contribution in [3.63, 3.8) is 0 Å². The second kappa shape index (κ2) is 8.60. The van der Waals surface area contributed by atoms with E-state index in [2.05, 4.69) is 58.2 Å². The lowest BCUT2D eigenvalue weighted by Crippen LogP contribution is -2.38.